The van der Waals surface area contributed by atoms with Crippen LogP contribution in [0.15, 0.2) is 27.4 Å². The Balaban J connectivity index is 2.01. The molecule has 150 valence electrons. The van der Waals surface area contributed by atoms with E-state index >= 15 is 0 Å². The van der Waals surface area contributed by atoms with Gasteiger partial charge in [0, 0.05) is 13.0 Å². The maximum Gasteiger partial charge on any atom is 0.343 e. The largest absolute Gasteiger partial charge is 0.506 e. The van der Waals surface area contributed by atoms with Crippen LogP contribution in [0, 0.1) is 0 Å². The van der Waals surface area contributed by atoms with Gasteiger partial charge in [0.1, 0.15) is 22.5 Å². The fourth-order valence-corrected chi connectivity index (χ4v) is 3.26. The van der Waals surface area contributed by atoms with E-state index in [9.17, 15) is 9.90 Å². The number of benzene rings is 1. The molecule has 0 aliphatic carbocycles. The van der Waals surface area contributed by atoms with Crippen LogP contribution < -0.4 is 10.4 Å². The minimum absolute atomic E-state index is 0.0372. The molecule has 0 aliphatic heterocycles. The summed E-state index contributed by atoms with van der Waals surface area (Å²) in [5.41, 5.74) is 0.167. The molecule has 2 rings (SSSR count). The summed E-state index contributed by atoms with van der Waals surface area (Å²) in [7, 11) is 0. The van der Waals surface area contributed by atoms with Crippen LogP contribution in [0.5, 0.6) is 11.5 Å². The van der Waals surface area contributed by atoms with Gasteiger partial charge in [-0.15, -0.1) is 0 Å². The van der Waals surface area contributed by atoms with Crippen molar-refractivity contribution in [3.8, 4) is 11.5 Å². The van der Waals surface area contributed by atoms with Crippen molar-refractivity contribution >= 4 is 11.0 Å². The van der Waals surface area contributed by atoms with Crippen molar-refractivity contribution in [2.45, 2.75) is 71.1 Å². The standard InChI is InChI=1S/C22H32O5/c1-2-3-4-5-6-7-8-9-12-17-21(24)20-18(26-16-11-15-23)13-10-14-19(20)27-22(17)25/h10,13-14,23-24H,2-9,11-12,15-16H2,1H3. The molecule has 0 saturated carbocycles. The predicted octanol–water partition coefficient (Wildman–Crippen LogP) is 4.94. The van der Waals surface area contributed by atoms with E-state index in [4.69, 9.17) is 14.3 Å². The second-order valence-corrected chi connectivity index (χ2v) is 7.00. The predicted molar refractivity (Wildman–Crippen MR) is 108 cm³/mol. The fourth-order valence-electron chi connectivity index (χ4n) is 3.26. The number of aliphatic hydroxyl groups is 1. The van der Waals surface area contributed by atoms with Crippen LogP contribution in [0.1, 0.15) is 70.3 Å². The molecule has 1 heterocycles. The average Bonchev–Trinajstić information content (AvgIpc) is 2.66. The van der Waals surface area contributed by atoms with Gasteiger partial charge in [0.25, 0.3) is 0 Å². The number of aromatic hydroxyl groups is 1. The first-order chi connectivity index (χ1) is 13.2. The zero-order valence-electron chi connectivity index (χ0n) is 16.3. The van der Waals surface area contributed by atoms with Crippen LogP contribution in [0.25, 0.3) is 11.0 Å². The third-order valence-corrected chi connectivity index (χ3v) is 4.80. The van der Waals surface area contributed by atoms with Crippen molar-refractivity contribution in [1.29, 1.82) is 0 Å². The highest BCUT2D eigenvalue weighted by molar-refractivity contribution is 5.90. The molecule has 0 unspecified atom stereocenters. The summed E-state index contributed by atoms with van der Waals surface area (Å²) in [4.78, 5) is 12.3. The SMILES string of the molecule is CCCCCCCCCCc1c(O)c2c(OCCCO)cccc2oc1=O. The fraction of sp³-hybridized carbons (Fsp3) is 0.591. The van der Waals surface area contributed by atoms with Crippen LogP contribution in [0.2, 0.25) is 0 Å². The molecule has 0 bridgehead atoms. The summed E-state index contributed by atoms with van der Waals surface area (Å²) in [6, 6.07) is 5.10. The molecule has 1 aromatic heterocycles. The summed E-state index contributed by atoms with van der Waals surface area (Å²) >= 11 is 0. The third-order valence-electron chi connectivity index (χ3n) is 4.80. The Hall–Kier alpha value is -2.01. The molecule has 2 aromatic rings. The van der Waals surface area contributed by atoms with E-state index in [-0.39, 0.29) is 12.4 Å². The monoisotopic (exact) mass is 376 g/mol. The molecule has 0 saturated heterocycles. The Labute approximate surface area is 161 Å². The highest BCUT2D eigenvalue weighted by Crippen LogP contribution is 2.35. The first kappa shape index (κ1) is 21.3. The summed E-state index contributed by atoms with van der Waals surface area (Å²) in [5, 5.41) is 20.0. The van der Waals surface area contributed by atoms with Gasteiger partial charge in [0.05, 0.1) is 12.2 Å². The number of hydrogen-bond donors (Lipinski definition) is 2. The Bertz CT molecular complexity index is 750. The Morgan fingerprint density at radius 1 is 1.00 bits per heavy atom. The van der Waals surface area contributed by atoms with E-state index in [0.717, 1.165) is 19.3 Å². The van der Waals surface area contributed by atoms with Crippen LogP contribution >= 0.6 is 0 Å². The molecule has 0 radical (unpaired) electrons. The number of fused-ring (bicyclic) bond motifs is 1. The highest BCUT2D eigenvalue weighted by Gasteiger charge is 2.17. The normalized spacial score (nSPS) is 11.2. The minimum atomic E-state index is -0.476. The van der Waals surface area contributed by atoms with Crippen LogP contribution in [0.4, 0.5) is 0 Å². The Morgan fingerprint density at radius 3 is 2.41 bits per heavy atom. The van der Waals surface area contributed by atoms with Gasteiger partial charge in [-0.05, 0) is 25.0 Å². The van der Waals surface area contributed by atoms with Gasteiger partial charge >= 0.3 is 5.63 Å². The van der Waals surface area contributed by atoms with E-state index in [1.807, 2.05) is 0 Å². The van der Waals surface area contributed by atoms with Crippen molar-refractivity contribution < 1.29 is 19.4 Å². The van der Waals surface area contributed by atoms with E-state index in [0.29, 0.717) is 41.7 Å². The zero-order chi connectivity index (χ0) is 19.5. The van der Waals surface area contributed by atoms with E-state index in [2.05, 4.69) is 6.92 Å². The summed E-state index contributed by atoms with van der Waals surface area (Å²) in [5.74, 6) is 0.433. The number of aliphatic hydroxyl groups excluding tert-OH is 1. The van der Waals surface area contributed by atoms with Crippen molar-refractivity contribution in [2.24, 2.45) is 0 Å². The summed E-state index contributed by atoms with van der Waals surface area (Å²) in [6.45, 7) is 2.59. The van der Waals surface area contributed by atoms with Crippen molar-refractivity contribution in [3.05, 3.63) is 34.2 Å². The van der Waals surface area contributed by atoms with Crippen LogP contribution in [-0.2, 0) is 6.42 Å². The molecule has 2 N–H and O–H groups in total. The van der Waals surface area contributed by atoms with E-state index in [1.54, 1.807) is 18.2 Å². The molecule has 0 amide bonds. The number of rotatable bonds is 13. The second kappa shape index (κ2) is 11.7. The Morgan fingerprint density at radius 2 is 1.70 bits per heavy atom. The molecule has 5 heteroatoms. The molecule has 0 atom stereocenters. The van der Waals surface area contributed by atoms with Gasteiger partial charge in [-0.1, -0.05) is 57.9 Å². The zero-order valence-corrected chi connectivity index (χ0v) is 16.3. The van der Waals surface area contributed by atoms with Gasteiger partial charge in [0.2, 0.25) is 0 Å². The van der Waals surface area contributed by atoms with Crippen molar-refractivity contribution in [1.82, 2.24) is 0 Å². The first-order valence-corrected chi connectivity index (χ1v) is 10.2. The molecule has 27 heavy (non-hydrogen) atoms. The lowest BCUT2D eigenvalue weighted by atomic mass is 10.0. The van der Waals surface area contributed by atoms with Gasteiger partial charge in [-0.3, -0.25) is 0 Å². The molecule has 0 fully saturated rings. The van der Waals surface area contributed by atoms with Gasteiger partial charge in [0.15, 0.2) is 0 Å². The van der Waals surface area contributed by atoms with Crippen molar-refractivity contribution in [3.63, 3.8) is 0 Å². The number of unbranched alkanes of at least 4 members (excludes halogenated alkanes) is 7. The summed E-state index contributed by atoms with van der Waals surface area (Å²) in [6.07, 6.45) is 10.4. The number of ether oxygens (including phenoxy) is 1. The van der Waals surface area contributed by atoms with Gasteiger partial charge < -0.3 is 19.4 Å². The third kappa shape index (κ3) is 6.28. The smallest absolute Gasteiger partial charge is 0.343 e. The maximum atomic E-state index is 12.3. The topological polar surface area (TPSA) is 79.9 Å². The lowest BCUT2D eigenvalue weighted by molar-refractivity contribution is 0.234. The highest BCUT2D eigenvalue weighted by atomic mass is 16.5. The average molecular weight is 376 g/mol. The summed E-state index contributed by atoms with van der Waals surface area (Å²) < 4.78 is 11.0. The van der Waals surface area contributed by atoms with E-state index in [1.165, 1.54) is 32.1 Å². The molecular weight excluding hydrogens is 344 g/mol. The Kier molecular flexibility index (Phi) is 9.19. The van der Waals surface area contributed by atoms with E-state index < -0.39 is 5.63 Å². The quantitative estimate of drug-likeness (QED) is 0.382. The lowest BCUT2D eigenvalue weighted by Crippen LogP contribution is -2.09. The first-order valence-electron chi connectivity index (χ1n) is 10.2. The molecule has 0 aliphatic rings. The molecule has 1 aromatic carbocycles. The van der Waals surface area contributed by atoms with Gasteiger partial charge in [-0.25, -0.2) is 4.79 Å². The van der Waals surface area contributed by atoms with Gasteiger partial charge in [-0.2, -0.15) is 0 Å². The maximum absolute atomic E-state index is 12.3. The molecule has 0 spiro atoms. The van der Waals surface area contributed by atoms with Crippen molar-refractivity contribution in [2.75, 3.05) is 13.2 Å². The molecular formula is C22H32O5. The minimum Gasteiger partial charge on any atom is -0.506 e. The number of hydrogen-bond acceptors (Lipinski definition) is 5. The second-order valence-electron chi connectivity index (χ2n) is 7.00. The van der Waals surface area contributed by atoms with Crippen LogP contribution in [-0.4, -0.2) is 23.4 Å². The van der Waals surface area contributed by atoms with Crippen LogP contribution in [0.3, 0.4) is 0 Å². The molecule has 5 nitrogen and oxygen atoms in total. The lowest BCUT2D eigenvalue weighted by Gasteiger charge is -2.11.